The van der Waals surface area contributed by atoms with Crippen LogP contribution in [0.1, 0.15) is 4.88 Å². The molecule has 1 rings (SSSR count). The summed E-state index contributed by atoms with van der Waals surface area (Å²) < 4.78 is 1.06. The Kier molecular flexibility index (Phi) is 2.83. The van der Waals surface area contributed by atoms with Gasteiger partial charge in [0.15, 0.2) is 0 Å². The van der Waals surface area contributed by atoms with Gasteiger partial charge in [-0.25, -0.2) is 0 Å². The van der Waals surface area contributed by atoms with Crippen molar-refractivity contribution in [2.45, 2.75) is 0 Å². The van der Waals surface area contributed by atoms with Crippen molar-refractivity contribution in [2.24, 2.45) is 0 Å². The highest BCUT2D eigenvalue weighted by molar-refractivity contribution is 9.10. The minimum absolute atomic E-state index is 0.771. The first-order valence-corrected chi connectivity index (χ1v) is 4.36. The van der Waals surface area contributed by atoms with Gasteiger partial charge in [0.25, 0.3) is 0 Å². The Morgan fingerprint density at radius 2 is 2.40 bits per heavy atom. The lowest BCUT2D eigenvalue weighted by molar-refractivity contribution is -0.104. The minimum atomic E-state index is 0.771. The molecule has 0 saturated heterocycles. The van der Waals surface area contributed by atoms with Gasteiger partial charge in [-0.15, -0.1) is 11.3 Å². The van der Waals surface area contributed by atoms with E-state index in [1.807, 2.05) is 11.4 Å². The molecule has 1 aromatic heterocycles. The molecule has 52 valence electrons. The molecular weight excluding hydrogens is 212 g/mol. The molecule has 0 amide bonds. The van der Waals surface area contributed by atoms with Gasteiger partial charge in [0.2, 0.25) is 0 Å². The van der Waals surface area contributed by atoms with E-state index in [1.54, 1.807) is 17.4 Å². The van der Waals surface area contributed by atoms with Gasteiger partial charge in [-0.2, -0.15) is 0 Å². The zero-order valence-corrected chi connectivity index (χ0v) is 7.48. The van der Waals surface area contributed by atoms with Crippen LogP contribution in [-0.2, 0) is 4.79 Å². The molecule has 0 spiro atoms. The van der Waals surface area contributed by atoms with Crippen LogP contribution < -0.4 is 0 Å². The highest BCUT2D eigenvalue weighted by atomic mass is 79.9. The molecule has 0 aliphatic heterocycles. The van der Waals surface area contributed by atoms with Crippen LogP contribution in [0.4, 0.5) is 0 Å². The molecule has 10 heavy (non-hydrogen) atoms. The molecule has 0 unspecified atom stereocenters. The van der Waals surface area contributed by atoms with E-state index in [9.17, 15) is 4.79 Å². The van der Waals surface area contributed by atoms with E-state index >= 15 is 0 Å². The van der Waals surface area contributed by atoms with Gasteiger partial charge in [-0.1, -0.05) is 0 Å². The fraction of sp³-hybridized carbons (Fsp3) is 0. The lowest BCUT2D eigenvalue weighted by Crippen LogP contribution is -1.58. The van der Waals surface area contributed by atoms with Crippen LogP contribution in [0.25, 0.3) is 6.08 Å². The number of rotatable bonds is 2. The van der Waals surface area contributed by atoms with E-state index in [2.05, 4.69) is 15.9 Å². The van der Waals surface area contributed by atoms with Crippen molar-refractivity contribution in [1.82, 2.24) is 0 Å². The third-order valence-corrected chi connectivity index (χ3v) is 2.59. The van der Waals surface area contributed by atoms with E-state index in [0.29, 0.717) is 0 Å². The van der Waals surface area contributed by atoms with Gasteiger partial charge in [0.05, 0.1) is 0 Å². The van der Waals surface area contributed by atoms with Crippen molar-refractivity contribution in [3.8, 4) is 0 Å². The lowest BCUT2D eigenvalue weighted by atomic mass is 10.4. The van der Waals surface area contributed by atoms with Crippen molar-refractivity contribution in [2.75, 3.05) is 0 Å². The summed E-state index contributed by atoms with van der Waals surface area (Å²) in [6.07, 6.45) is 4.04. The molecule has 0 atom stereocenters. The van der Waals surface area contributed by atoms with Crippen molar-refractivity contribution in [1.29, 1.82) is 0 Å². The number of allylic oxidation sites excluding steroid dienone is 1. The van der Waals surface area contributed by atoms with Crippen molar-refractivity contribution < 1.29 is 4.79 Å². The van der Waals surface area contributed by atoms with Crippen LogP contribution in [0.3, 0.4) is 0 Å². The number of thiophene rings is 1. The average molecular weight is 217 g/mol. The van der Waals surface area contributed by atoms with Crippen LogP contribution >= 0.6 is 27.3 Å². The summed E-state index contributed by atoms with van der Waals surface area (Å²) in [6, 6.07) is 1.96. The highest BCUT2D eigenvalue weighted by Crippen LogP contribution is 2.20. The second-order valence-corrected chi connectivity index (χ2v) is 3.52. The van der Waals surface area contributed by atoms with Gasteiger partial charge in [0.1, 0.15) is 6.29 Å². The SMILES string of the molecule is O=CC=Cc1cc(Br)cs1. The molecule has 0 fully saturated rings. The van der Waals surface area contributed by atoms with Gasteiger partial charge in [0, 0.05) is 14.7 Å². The molecule has 3 heteroatoms. The summed E-state index contributed by atoms with van der Waals surface area (Å²) in [4.78, 5) is 11.0. The van der Waals surface area contributed by atoms with E-state index < -0.39 is 0 Å². The molecule has 0 saturated carbocycles. The van der Waals surface area contributed by atoms with Crippen LogP contribution in [-0.4, -0.2) is 6.29 Å². The topological polar surface area (TPSA) is 17.1 Å². The van der Waals surface area contributed by atoms with Crippen LogP contribution in [0.5, 0.6) is 0 Å². The third kappa shape index (κ3) is 2.08. The summed E-state index contributed by atoms with van der Waals surface area (Å²) in [7, 11) is 0. The normalized spacial score (nSPS) is 10.5. The highest BCUT2D eigenvalue weighted by Gasteiger charge is 1.90. The summed E-state index contributed by atoms with van der Waals surface area (Å²) in [5, 5.41) is 1.98. The Morgan fingerprint density at radius 1 is 1.60 bits per heavy atom. The second kappa shape index (κ2) is 3.68. The first-order valence-electron chi connectivity index (χ1n) is 2.69. The predicted octanol–water partition coefficient (Wildman–Crippen LogP) is 2.72. The van der Waals surface area contributed by atoms with Crippen LogP contribution in [0.2, 0.25) is 0 Å². The molecule has 0 aliphatic rings. The third-order valence-electron chi connectivity index (χ3n) is 0.927. The number of aldehydes is 1. The molecular formula is C7H5BrOS. The Morgan fingerprint density at radius 3 is 2.90 bits per heavy atom. The zero-order chi connectivity index (χ0) is 7.40. The Balaban J connectivity index is 2.75. The van der Waals surface area contributed by atoms with Crippen LogP contribution in [0, 0.1) is 0 Å². The summed E-state index contributed by atoms with van der Waals surface area (Å²) in [6.45, 7) is 0. The van der Waals surface area contributed by atoms with E-state index in [-0.39, 0.29) is 0 Å². The Bertz CT molecular complexity index is 252. The number of hydrogen-bond donors (Lipinski definition) is 0. The molecule has 0 N–H and O–H groups in total. The Hall–Kier alpha value is -0.410. The number of halogens is 1. The molecule has 1 heterocycles. The summed E-state index contributed by atoms with van der Waals surface area (Å²) in [5.41, 5.74) is 0. The quantitative estimate of drug-likeness (QED) is 0.549. The molecule has 1 aromatic rings. The van der Waals surface area contributed by atoms with Crippen molar-refractivity contribution >= 4 is 39.6 Å². The maximum absolute atomic E-state index is 9.89. The maximum Gasteiger partial charge on any atom is 0.142 e. The van der Waals surface area contributed by atoms with Crippen LogP contribution in [0.15, 0.2) is 22.0 Å². The fourth-order valence-electron chi connectivity index (χ4n) is 0.550. The van der Waals surface area contributed by atoms with Gasteiger partial charge < -0.3 is 0 Å². The smallest absolute Gasteiger partial charge is 0.142 e. The van der Waals surface area contributed by atoms with Gasteiger partial charge in [-0.05, 0) is 34.1 Å². The molecule has 0 bridgehead atoms. The summed E-state index contributed by atoms with van der Waals surface area (Å²) in [5.74, 6) is 0. The fourth-order valence-corrected chi connectivity index (χ4v) is 1.90. The molecule has 0 aliphatic carbocycles. The number of carbonyl (C=O) groups excluding carboxylic acids is 1. The largest absolute Gasteiger partial charge is 0.299 e. The molecule has 1 nitrogen and oxygen atoms in total. The first kappa shape index (κ1) is 7.69. The van der Waals surface area contributed by atoms with Gasteiger partial charge >= 0.3 is 0 Å². The zero-order valence-electron chi connectivity index (χ0n) is 5.08. The minimum Gasteiger partial charge on any atom is -0.299 e. The number of carbonyl (C=O) groups is 1. The van der Waals surface area contributed by atoms with Gasteiger partial charge in [-0.3, -0.25) is 4.79 Å². The predicted molar refractivity (Wildman–Crippen MR) is 47.1 cm³/mol. The average Bonchev–Trinajstić information content (AvgIpc) is 2.31. The van der Waals surface area contributed by atoms with Crippen molar-refractivity contribution in [3.05, 3.63) is 26.9 Å². The molecule has 0 aromatic carbocycles. The first-order chi connectivity index (χ1) is 4.83. The Labute approximate surface area is 71.5 Å². The standard InChI is InChI=1S/C7H5BrOS/c8-6-4-7(10-5-6)2-1-3-9/h1-5H. The van der Waals surface area contributed by atoms with Crippen molar-refractivity contribution in [3.63, 3.8) is 0 Å². The van der Waals surface area contributed by atoms with E-state index in [4.69, 9.17) is 0 Å². The summed E-state index contributed by atoms with van der Waals surface area (Å²) >= 11 is 4.91. The maximum atomic E-state index is 9.89. The second-order valence-electron chi connectivity index (χ2n) is 1.66. The monoisotopic (exact) mass is 216 g/mol. The lowest BCUT2D eigenvalue weighted by Gasteiger charge is -1.75. The molecule has 0 radical (unpaired) electrons. The number of hydrogen-bond acceptors (Lipinski definition) is 2. The van der Waals surface area contributed by atoms with E-state index in [1.165, 1.54) is 6.08 Å². The van der Waals surface area contributed by atoms with E-state index in [0.717, 1.165) is 15.6 Å².